The lowest BCUT2D eigenvalue weighted by Gasteiger charge is -2.05. The molecule has 0 fully saturated rings. The lowest BCUT2D eigenvalue weighted by Crippen LogP contribution is -2.26. The summed E-state index contributed by atoms with van der Waals surface area (Å²) in [6.07, 6.45) is 5.95. The van der Waals surface area contributed by atoms with Crippen molar-refractivity contribution in [2.24, 2.45) is 0 Å². The third-order valence-electron chi connectivity index (χ3n) is 2.36. The van der Waals surface area contributed by atoms with E-state index in [-0.39, 0.29) is 5.91 Å². The Morgan fingerprint density at radius 1 is 1.44 bits per heavy atom. The predicted molar refractivity (Wildman–Crippen MR) is 68.4 cm³/mol. The number of nitrogens with zero attached hydrogens (tertiary/aromatic N) is 3. The summed E-state index contributed by atoms with van der Waals surface area (Å²) in [5, 5.41) is 7.37. The second-order valence-electron chi connectivity index (χ2n) is 3.74. The minimum Gasteiger partial charge on any atom is -0.351 e. The zero-order chi connectivity index (χ0) is 12.8. The summed E-state index contributed by atoms with van der Waals surface area (Å²) < 4.78 is 1.82. The molecule has 1 N–H and O–H groups in total. The van der Waals surface area contributed by atoms with E-state index in [0.29, 0.717) is 17.3 Å². The molecule has 0 atom stereocenters. The van der Waals surface area contributed by atoms with Gasteiger partial charge in [0.2, 0.25) is 0 Å². The molecule has 2 heterocycles. The van der Waals surface area contributed by atoms with Crippen LogP contribution in [-0.2, 0) is 6.54 Å². The number of hydrogen-bond acceptors (Lipinski definition) is 3. The Kier molecular flexibility index (Phi) is 4.30. The van der Waals surface area contributed by atoms with Gasteiger partial charge in [0.15, 0.2) is 0 Å². The number of carbonyl (C=O) groups is 1. The number of pyridine rings is 1. The van der Waals surface area contributed by atoms with Crippen molar-refractivity contribution in [3.63, 3.8) is 0 Å². The fourth-order valence-electron chi connectivity index (χ4n) is 1.50. The van der Waals surface area contributed by atoms with Crippen LogP contribution < -0.4 is 5.32 Å². The van der Waals surface area contributed by atoms with E-state index in [2.05, 4.69) is 15.4 Å². The van der Waals surface area contributed by atoms with E-state index in [1.807, 2.05) is 16.9 Å². The van der Waals surface area contributed by atoms with E-state index >= 15 is 0 Å². The van der Waals surface area contributed by atoms with Crippen molar-refractivity contribution in [2.75, 3.05) is 6.54 Å². The highest BCUT2D eigenvalue weighted by atomic mass is 35.5. The van der Waals surface area contributed by atoms with Crippen molar-refractivity contribution in [1.29, 1.82) is 0 Å². The smallest absolute Gasteiger partial charge is 0.269 e. The van der Waals surface area contributed by atoms with Gasteiger partial charge in [-0.3, -0.25) is 14.5 Å². The first-order valence-corrected chi connectivity index (χ1v) is 6.01. The van der Waals surface area contributed by atoms with E-state index in [1.54, 1.807) is 18.3 Å². The van der Waals surface area contributed by atoms with E-state index in [4.69, 9.17) is 11.6 Å². The molecule has 0 aliphatic rings. The van der Waals surface area contributed by atoms with Crippen LogP contribution >= 0.6 is 11.6 Å². The summed E-state index contributed by atoms with van der Waals surface area (Å²) in [6.45, 7) is 1.35. The van der Waals surface area contributed by atoms with Gasteiger partial charge in [-0.2, -0.15) is 5.10 Å². The van der Waals surface area contributed by atoms with Crippen LogP contribution in [0.2, 0.25) is 5.02 Å². The zero-order valence-corrected chi connectivity index (χ0v) is 10.5. The van der Waals surface area contributed by atoms with Gasteiger partial charge in [-0.25, -0.2) is 0 Å². The monoisotopic (exact) mass is 264 g/mol. The second kappa shape index (κ2) is 6.16. The summed E-state index contributed by atoms with van der Waals surface area (Å²) in [6, 6.07) is 5.05. The summed E-state index contributed by atoms with van der Waals surface area (Å²) in [5.74, 6) is -0.210. The molecule has 0 saturated carbocycles. The van der Waals surface area contributed by atoms with Gasteiger partial charge in [-0.15, -0.1) is 0 Å². The van der Waals surface area contributed by atoms with Crippen LogP contribution in [0.4, 0.5) is 0 Å². The van der Waals surface area contributed by atoms with Crippen molar-refractivity contribution in [1.82, 2.24) is 20.1 Å². The van der Waals surface area contributed by atoms with Gasteiger partial charge in [-0.1, -0.05) is 11.6 Å². The molecule has 0 radical (unpaired) electrons. The Morgan fingerprint density at radius 3 is 3.06 bits per heavy atom. The maximum absolute atomic E-state index is 11.7. The molecule has 94 valence electrons. The fourth-order valence-corrected chi connectivity index (χ4v) is 1.65. The highest BCUT2D eigenvalue weighted by molar-refractivity contribution is 6.30. The molecule has 1 amide bonds. The van der Waals surface area contributed by atoms with E-state index in [9.17, 15) is 4.79 Å². The quantitative estimate of drug-likeness (QED) is 0.837. The van der Waals surface area contributed by atoms with Crippen LogP contribution in [0.5, 0.6) is 0 Å². The van der Waals surface area contributed by atoms with Crippen LogP contribution in [0.25, 0.3) is 0 Å². The van der Waals surface area contributed by atoms with Crippen LogP contribution in [0.15, 0.2) is 36.8 Å². The molecule has 0 aromatic carbocycles. The number of amides is 1. The molecule has 6 heteroatoms. The van der Waals surface area contributed by atoms with Gasteiger partial charge in [0.25, 0.3) is 5.91 Å². The Hall–Kier alpha value is -1.88. The van der Waals surface area contributed by atoms with E-state index in [0.717, 1.165) is 13.0 Å². The van der Waals surface area contributed by atoms with Crippen molar-refractivity contribution in [3.8, 4) is 0 Å². The summed E-state index contributed by atoms with van der Waals surface area (Å²) in [4.78, 5) is 15.7. The largest absolute Gasteiger partial charge is 0.351 e. The number of hydrogen-bond donors (Lipinski definition) is 1. The summed E-state index contributed by atoms with van der Waals surface area (Å²) in [5.41, 5.74) is 0.335. The maximum Gasteiger partial charge on any atom is 0.269 e. The van der Waals surface area contributed by atoms with Crippen LogP contribution in [0, 0.1) is 0 Å². The van der Waals surface area contributed by atoms with Gasteiger partial charge >= 0.3 is 0 Å². The molecule has 2 rings (SSSR count). The Bertz CT molecular complexity index is 513. The van der Waals surface area contributed by atoms with E-state index in [1.165, 1.54) is 6.20 Å². The Balaban J connectivity index is 1.75. The molecule has 0 spiro atoms. The van der Waals surface area contributed by atoms with Crippen molar-refractivity contribution in [3.05, 3.63) is 47.5 Å². The van der Waals surface area contributed by atoms with E-state index < -0.39 is 0 Å². The lowest BCUT2D eigenvalue weighted by atomic mass is 10.3. The molecule has 5 nitrogen and oxygen atoms in total. The maximum atomic E-state index is 11.7. The van der Waals surface area contributed by atoms with Gasteiger partial charge in [0, 0.05) is 36.7 Å². The van der Waals surface area contributed by atoms with Crippen LogP contribution in [0.1, 0.15) is 16.9 Å². The first kappa shape index (κ1) is 12.6. The van der Waals surface area contributed by atoms with Crippen LogP contribution in [-0.4, -0.2) is 27.2 Å². The van der Waals surface area contributed by atoms with Crippen molar-refractivity contribution < 1.29 is 4.79 Å². The molecule has 0 aliphatic heterocycles. The molecule has 0 bridgehead atoms. The SMILES string of the molecule is O=C(NCCCn1cccn1)c1cc(Cl)ccn1. The van der Waals surface area contributed by atoms with Crippen molar-refractivity contribution >= 4 is 17.5 Å². The van der Waals surface area contributed by atoms with Crippen molar-refractivity contribution in [2.45, 2.75) is 13.0 Å². The normalized spacial score (nSPS) is 10.3. The predicted octanol–water partition coefficient (Wildman–Crippen LogP) is 1.75. The van der Waals surface area contributed by atoms with Gasteiger partial charge < -0.3 is 5.32 Å². The standard InChI is InChI=1S/C12H13ClN4O/c13-10-3-6-14-11(9-10)12(18)15-4-1-7-17-8-2-5-16-17/h2-3,5-6,8-9H,1,4,7H2,(H,15,18). The molecular weight excluding hydrogens is 252 g/mol. The first-order valence-electron chi connectivity index (χ1n) is 5.63. The van der Waals surface area contributed by atoms with Gasteiger partial charge in [0.1, 0.15) is 5.69 Å². The van der Waals surface area contributed by atoms with Gasteiger partial charge in [0.05, 0.1) is 0 Å². The Labute approximate surface area is 110 Å². The molecule has 18 heavy (non-hydrogen) atoms. The zero-order valence-electron chi connectivity index (χ0n) is 9.71. The highest BCUT2D eigenvalue weighted by Gasteiger charge is 2.06. The fraction of sp³-hybridized carbons (Fsp3) is 0.250. The lowest BCUT2D eigenvalue weighted by molar-refractivity contribution is 0.0947. The topological polar surface area (TPSA) is 59.8 Å². The molecular formula is C12H13ClN4O. The summed E-state index contributed by atoms with van der Waals surface area (Å²) in [7, 11) is 0. The molecule has 0 aliphatic carbocycles. The number of aromatic nitrogens is 3. The minimum absolute atomic E-state index is 0.210. The Morgan fingerprint density at radius 2 is 2.33 bits per heavy atom. The molecule has 2 aromatic rings. The molecule has 0 saturated heterocycles. The first-order chi connectivity index (χ1) is 8.75. The number of halogens is 1. The second-order valence-corrected chi connectivity index (χ2v) is 4.17. The van der Waals surface area contributed by atoms with Crippen LogP contribution in [0.3, 0.4) is 0 Å². The average molecular weight is 265 g/mol. The highest BCUT2D eigenvalue weighted by Crippen LogP contribution is 2.07. The number of aryl methyl sites for hydroxylation is 1. The molecule has 2 aromatic heterocycles. The number of carbonyl (C=O) groups excluding carboxylic acids is 1. The van der Waals surface area contributed by atoms with Gasteiger partial charge in [-0.05, 0) is 24.6 Å². The number of nitrogens with one attached hydrogen (secondary N) is 1. The third-order valence-corrected chi connectivity index (χ3v) is 2.60. The minimum atomic E-state index is -0.210. The number of rotatable bonds is 5. The molecule has 0 unspecified atom stereocenters. The summed E-state index contributed by atoms with van der Waals surface area (Å²) >= 11 is 5.79. The average Bonchev–Trinajstić information content (AvgIpc) is 2.87. The third kappa shape index (κ3) is 3.56.